The fraction of sp³-hybridized carbons (Fsp3) is 0.556. The maximum atomic E-state index is 5.61. The number of tetrazole rings is 1. The van der Waals surface area contributed by atoms with E-state index in [2.05, 4.69) is 25.5 Å². The van der Waals surface area contributed by atoms with Crippen molar-refractivity contribution >= 4 is 11.5 Å². The van der Waals surface area contributed by atoms with Crippen LogP contribution >= 0.6 is 0 Å². The van der Waals surface area contributed by atoms with Crippen LogP contribution in [0.15, 0.2) is 12.1 Å². The molecule has 3 rings (SSSR count). The molecule has 16 heavy (non-hydrogen) atoms. The Morgan fingerprint density at radius 2 is 2.31 bits per heavy atom. The molecule has 1 saturated carbocycles. The highest BCUT2D eigenvalue weighted by molar-refractivity contribution is 5.46. The van der Waals surface area contributed by atoms with Gasteiger partial charge in [-0.3, -0.25) is 0 Å². The van der Waals surface area contributed by atoms with Crippen molar-refractivity contribution in [3.63, 3.8) is 0 Å². The Kier molecular flexibility index (Phi) is 2.17. The van der Waals surface area contributed by atoms with E-state index in [9.17, 15) is 0 Å². The molecule has 1 aliphatic rings. The summed E-state index contributed by atoms with van der Waals surface area (Å²) < 4.78 is 1.45. The van der Waals surface area contributed by atoms with E-state index in [-0.39, 0.29) is 0 Å². The molecule has 0 saturated heterocycles. The predicted molar refractivity (Wildman–Crippen MR) is 58.0 cm³/mol. The zero-order valence-corrected chi connectivity index (χ0v) is 8.82. The van der Waals surface area contributed by atoms with E-state index in [4.69, 9.17) is 5.73 Å². The normalized spacial score (nSPS) is 15.6. The lowest BCUT2D eigenvalue weighted by Gasteiger charge is -2.21. The smallest absolute Gasteiger partial charge is 0.200 e. The van der Waals surface area contributed by atoms with Crippen molar-refractivity contribution in [1.29, 1.82) is 0 Å². The quantitative estimate of drug-likeness (QED) is 0.742. The number of rotatable bonds is 4. The van der Waals surface area contributed by atoms with Crippen LogP contribution in [0.3, 0.4) is 0 Å². The first-order chi connectivity index (χ1) is 7.88. The van der Waals surface area contributed by atoms with Gasteiger partial charge in [-0.25, -0.2) is 0 Å². The van der Waals surface area contributed by atoms with Crippen molar-refractivity contribution in [2.45, 2.75) is 18.9 Å². The second-order valence-corrected chi connectivity index (χ2v) is 3.93. The second kappa shape index (κ2) is 3.67. The molecule has 7 nitrogen and oxygen atoms in total. The number of hydrogen-bond donors (Lipinski definition) is 1. The van der Waals surface area contributed by atoms with E-state index in [1.165, 1.54) is 17.5 Å². The van der Waals surface area contributed by atoms with Gasteiger partial charge in [0, 0.05) is 19.1 Å². The van der Waals surface area contributed by atoms with Gasteiger partial charge in [-0.15, -0.1) is 14.8 Å². The molecule has 1 aliphatic carbocycles. The van der Waals surface area contributed by atoms with Gasteiger partial charge in [-0.2, -0.15) is 0 Å². The molecule has 0 aromatic carbocycles. The average molecular weight is 219 g/mol. The third-order valence-electron chi connectivity index (χ3n) is 2.71. The third kappa shape index (κ3) is 1.58. The van der Waals surface area contributed by atoms with Crippen LogP contribution < -0.4 is 10.6 Å². The van der Waals surface area contributed by atoms with E-state index < -0.39 is 0 Å². The molecule has 1 fully saturated rings. The minimum absolute atomic E-state index is 0.588. The first kappa shape index (κ1) is 9.46. The van der Waals surface area contributed by atoms with Gasteiger partial charge in [-0.1, -0.05) is 0 Å². The minimum Gasteiger partial charge on any atom is -0.351 e. The van der Waals surface area contributed by atoms with Crippen molar-refractivity contribution in [1.82, 2.24) is 25.3 Å². The lowest BCUT2D eigenvalue weighted by atomic mass is 10.4. The fourth-order valence-corrected chi connectivity index (χ4v) is 1.80. The molecule has 0 amide bonds. The van der Waals surface area contributed by atoms with Gasteiger partial charge >= 0.3 is 0 Å². The highest BCUT2D eigenvalue weighted by Gasteiger charge is 2.29. The lowest BCUT2D eigenvalue weighted by Crippen LogP contribution is -2.32. The number of aromatic nitrogens is 5. The van der Waals surface area contributed by atoms with Gasteiger partial charge in [0.25, 0.3) is 0 Å². The second-order valence-electron chi connectivity index (χ2n) is 3.93. The van der Waals surface area contributed by atoms with Crippen LogP contribution in [-0.2, 0) is 0 Å². The topological polar surface area (TPSA) is 85.2 Å². The van der Waals surface area contributed by atoms with E-state index in [0.717, 1.165) is 12.4 Å². The number of nitrogens with zero attached hydrogens (tertiary/aromatic N) is 6. The Bertz CT molecular complexity index is 489. The number of fused-ring (bicyclic) bond motifs is 1. The Balaban J connectivity index is 1.95. The van der Waals surface area contributed by atoms with Gasteiger partial charge in [-0.05, 0) is 35.4 Å². The average Bonchev–Trinajstić information content (AvgIpc) is 3.03. The summed E-state index contributed by atoms with van der Waals surface area (Å²) in [5.74, 6) is 0.896. The van der Waals surface area contributed by atoms with E-state index in [1.54, 1.807) is 0 Å². The van der Waals surface area contributed by atoms with Crippen LogP contribution in [0.4, 0.5) is 5.82 Å². The molecule has 2 aromatic rings. The number of hydrogen-bond acceptors (Lipinski definition) is 6. The van der Waals surface area contributed by atoms with Crippen molar-refractivity contribution in [2.75, 3.05) is 18.0 Å². The van der Waals surface area contributed by atoms with Crippen molar-refractivity contribution in [3.8, 4) is 0 Å². The van der Waals surface area contributed by atoms with Crippen molar-refractivity contribution in [2.24, 2.45) is 5.73 Å². The summed E-state index contributed by atoms with van der Waals surface area (Å²) in [7, 11) is 0. The summed E-state index contributed by atoms with van der Waals surface area (Å²) in [5, 5.41) is 15.5. The first-order valence-corrected chi connectivity index (χ1v) is 5.40. The van der Waals surface area contributed by atoms with Crippen LogP contribution in [-0.4, -0.2) is 44.4 Å². The van der Waals surface area contributed by atoms with Gasteiger partial charge < -0.3 is 10.6 Å². The zero-order chi connectivity index (χ0) is 11.0. The lowest BCUT2D eigenvalue weighted by molar-refractivity contribution is 0.699. The Hall–Kier alpha value is -1.76. The van der Waals surface area contributed by atoms with Gasteiger partial charge in [0.1, 0.15) is 0 Å². The summed E-state index contributed by atoms with van der Waals surface area (Å²) in [6, 6.07) is 4.40. The van der Waals surface area contributed by atoms with Crippen LogP contribution in [0.2, 0.25) is 0 Å². The molecule has 2 heterocycles. The predicted octanol–water partition coefficient (Wildman–Crippen LogP) is -0.553. The number of nitrogens with two attached hydrogens (primary N) is 1. The third-order valence-corrected chi connectivity index (χ3v) is 2.71. The monoisotopic (exact) mass is 219 g/mol. The highest BCUT2D eigenvalue weighted by Crippen LogP contribution is 2.29. The largest absolute Gasteiger partial charge is 0.351 e. The molecular weight excluding hydrogens is 206 g/mol. The number of anilines is 1. The maximum absolute atomic E-state index is 5.61. The summed E-state index contributed by atoms with van der Waals surface area (Å²) in [5.41, 5.74) is 6.27. The fourth-order valence-electron chi connectivity index (χ4n) is 1.80. The highest BCUT2D eigenvalue weighted by atomic mass is 15.6. The van der Waals surface area contributed by atoms with Crippen molar-refractivity contribution in [3.05, 3.63) is 12.1 Å². The molecule has 0 radical (unpaired) electrons. The van der Waals surface area contributed by atoms with Crippen LogP contribution in [0, 0.1) is 0 Å². The van der Waals surface area contributed by atoms with Crippen LogP contribution in [0.5, 0.6) is 0 Å². The zero-order valence-electron chi connectivity index (χ0n) is 8.82. The van der Waals surface area contributed by atoms with E-state index in [1.807, 2.05) is 12.1 Å². The summed E-state index contributed by atoms with van der Waals surface area (Å²) in [6.07, 6.45) is 2.44. The minimum atomic E-state index is 0.588. The van der Waals surface area contributed by atoms with Crippen molar-refractivity contribution < 1.29 is 0 Å². The molecule has 2 aromatic heterocycles. The Morgan fingerprint density at radius 1 is 1.44 bits per heavy atom. The molecular formula is C9H13N7. The molecule has 2 N–H and O–H groups in total. The van der Waals surface area contributed by atoms with E-state index in [0.29, 0.717) is 18.2 Å². The van der Waals surface area contributed by atoms with Crippen LogP contribution in [0.25, 0.3) is 5.65 Å². The molecule has 0 spiro atoms. The summed E-state index contributed by atoms with van der Waals surface area (Å²) >= 11 is 0. The summed E-state index contributed by atoms with van der Waals surface area (Å²) in [6.45, 7) is 1.46. The van der Waals surface area contributed by atoms with E-state index >= 15 is 0 Å². The Labute approximate surface area is 92.2 Å². The maximum Gasteiger partial charge on any atom is 0.200 e. The molecule has 0 atom stereocenters. The Morgan fingerprint density at radius 3 is 3.06 bits per heavy atom. The first-order valence-electron chi connectivity index (χ1n) is 5.40. The van der Waals surface area contributed by atoms with Gasteiger partial charge in [0.15, 0.2) is 11.5 Å². The molecule has 0 aliphatic heterocycles. The van der Waals surface area contributed by atoms with Gasteiger partial charge in [0.05, 0.1) is 0 Å². The van der Waals surface area contributed by atoms with Crippen LogP contribution in [0.1, 0.15) is 12.8 Å². The molecule has 0 bridgehead atoms. The van der Waals surface area contributed by atoms with Gasteiger partial charge in [0.2, 0.25) is 0 Å². The molecule has 84 valence electrons. The molecule has 7 heteroatoms. The summed E-state index contributed by atoms with van der Waals surface area (Å²) in [4.78, 5) is 2.22. The SMILES string of the molecule is NCCN(c1ccc2nnnn2n1)C1CC1. The molecule has 0 unspecified atom stereocenters. The standard InChI is InChI=1S/C9H13N7/c10-5-6-15(7-1-2-7)9-4-3-8-11-13-14-16(8)12-9/h3-4,7H,1-2,5-6,10H2.